The number of hydrogen-bond acceptors (Lipinski definition) is 5. The van der Waals surface area contributed by atoms with Gasteiger partial charge in [0.2, 0.25) is 5.88 Å². The first-order valence-electron chi connectivity index (χ1n) is 9.30. The standard InChI is InChI=1S/C22H26N2O3/c1-6-26-22(25)18-15(5)24-17-11-12-23-21(27-13(2)3)20(17)19(18)16-10-8-7-9-14(16)4/h7-13,19,24H,6H2,1-5H3. The predicted octanol–water partition coefficient (Wildman–Crippen LogP) is 4.57. The first-order chi connectivity index (χ1) is 12.9. The third kappa shape index (κ3) is 3.68. The van der Waals surface area contributed by atoms with Crippen molar-refractivity contribution in [1.29, 1.82) is 0 Å². The number of nitrogens with zero attached hydrogens (tertiary/aromatic N) is 1. The number of pyridine rings is 1. The van der Waals surface area contributed by atoms with Crippen LogP contribution < -0.4 is 10.1 Å². The predicted molar refractivity (Wildman–Crippen MR) is 106 cm³/mol. The molecule has 1 N–H and O–H groups in total. The Kier molecular flexibility index (Phi) is 5.49. The van der Waals surface area contributed by atoms with E-state index in [1.54, 1.807) is 6.20 Å². The lowest BCUT2D eigenvalue weighted by Crippen LogP contribution is -2.26. The monoisotopic (exact) mass is 366 g/mol. The highest BCUT2D eigenvalue weighted by Gasteiger charge is 2.36. The Bertz CT molecular complexity index is 887. The van der Waals surface area contributed by atoms with Crippen LogP contribution in [0.1, 0.15) is 50.3 Å². The maximum atomic E-state index is 12.9. The Balaban J connectivity index is 2.26. The zero-order chi connectivity index (χ0) is 19.6. The van der Waals surface area contributed by atoms with Gasteiger partial charge in [-0.2, -0.15) is 0 Å². The second-order valence-corrected chi connectivity index (χ2v) is 6.92. The van der Waals surface area contributed by atoms with Crippen LogP contribution in [0.4, 0.5) is 5.69 Å². The summed E-state index contributed by atoms with van der Waals surface area (Å²) in [5, 5.41) is 3.34. The van der Waals surface area contributed by atoms with Crippen molar-refractivity contribution in [3.05, 3.63) is 64.5 Å². The minimum absolute atomic E-state index is 0.0282. The molecule has 1 atom stereocenters. The van der Waals surface area contributed by atoms with Crippen LogP contribution in [0.2, 0.25) is 0 Å². The number of nitrogens with one attached hydrogen (secondary N) is 1. The van der Waals surface area contributed by atoms with Crippen molar-refractivity contribution in [3.8, 4) is 5.88 Å². The van der Waals surface area contributed by atoms with Gasteiger partial charge in [0.05, 0.1) is 24.2 Å². The van der Waals surface area contributed by atoms with Crippen molar-refractivity contribution in [2.75, 3.05) is 11.9 Å². The fourth-order valence-electron chi connectivity index (χ4n) is 3.49. The smallest absolute Gasteiger partial charge is 0.336 e. The maximum absolute atomic E-state index is 12.9. The fraction of sp³-hybridized carbons (Fsp3) is 0.364. The van der Waals surface area contributed by atoms with Crippen LogP contribution in [0.3, 0.4) is 0 Å². The molecule has 0 saturated carbocycles. The van der Waals surface area contributed by atoms with Gasteiger partial charge >= 0.3 is 5.97 Å². The van der Waals surface area contributed by atoms with E-state index in [9.17, 15) is 4.79 Å². The number of anilines is 1. The van der Waals surface area contributed by atoms with Crippen LogP contribution in [0.5, 0.6) is 5.88 Å². The average molecular weight is 366 g/mol. The SMILES string of the molecule is CCOC(=O)C1=C(C)Nc2ccnc(OC(C)C)c2C1c1ccccc1C. The number of ether oxygens (including phenoxy) is 2. The van der Waals surface area contributed by atoms with Gasteiger partial charge in [0, 0.05) is 23.1 Å². The molecule has 2 heterocycles. The number of rotatable bonds is 5. The molecule has 0 radical (unpaired) electrons. The van der Waals surface area contributed by atoms with Gasteiger partial charge in [0.1, 0.15) is 0 Å². The molecule has 1 aliphatic heterocycles. The van der Waals surface area contributed by atoms with Crippen LogP contribution in [0.25, 0.3) is 0 Å². The third-order valence-electron chi connectivity index (χ3n) is 4.60. The summed E-state index contributed by atoms with van der Waals surface area (Å²) in [5.41, 5.74) is 5.30. The van der Waals surface area contributed by atoms with Gasteiger partial charge in [-0.25, -0.2) is 9.78 Å². The van der Waals surface area contributed by atoms with E-state index in [0.717, 1.165) is 28.1 Å². The van der Waals surface area contributed by atoms with Crippen molar-refractivity contribution >= 4 is 11.7 Å². The highest BCUT2D eigenvalue weighted by atomic mass is 16.5. The quantitative estimate of drug-likeness (QED) is 0.786. The number of benzene rings is 1. The highest BCUT2D eigenvalue weighted by molar-refractivity contribution is 5.95. The first kappa shape index (κ1) is 19.0. The Hall–Kier alpha value is -2.82. The molecule has 1 aromatic heterocycles. The van der Waals surface area contributed by atoms with E-state index in [1.165, 1.54) is 0 Å². The summed E-state index contributed by atoms with van der Waals surface area (Å²) in [6.45, 7) is 10.0. The number of fused-ring (bicyclic) bond motifs is 1. The number of carbonyl (C=O) groups excluding carboxylic acids is 1. The van der Waals surface area contributed by atoms with Crippen molar-refractivity contribution < 1.29 is 14.3 Å². The second-order valence-electron chi connectivity index (χ2n) is 6.92. The van der Waals surface area contributed by atoms with Gasteiger partial charge in [-0.1, -0.05) is 24.3 Å². The third-order valence-corrected chi connectivity index (χ3v) is 4.60. The summed E-state index contributed by atoms with van der Waals surface area (Å²) in [6, 6.07) is 10.00. The van der Waals surface area contributed by atoms with Gasteiger partial charge in [-0.3, -0.25) is 0 Å². The summed E-state index contributed by atoms with van der Waals surface area (Å²) >= 11 is 0. The largest absolute Gasteiger partial charge is 0.475 e. The molecule has 1 aromatic carbocycles. The average Bonchev–Trinajstić information content (AvgIpc) is 2.61. The summed E-state index contributed by atoms with van der Waals surface area (Å²) in [6.07, 6.45) is 1.70. The zero-order valence-corrected chi connectivity index (χ0v) is 16.5. The molecule has 0 amide bonds. The molecular formula is C22H26N2O3. The van der Waals surface area contributed by atoms with Crippen molar-refractivity contribution in [2.45, 2.75) is 46.6 Å². The molecule has 27 heavy (non-hydrogen) atoms. The Morgan fingerprint density at radius 1 is 1.22 bits per heavy atom. The molecule has 5 heteroatoms. The van der Waals surface area contributed by atoms with E-state index in [4.69, 9.17) is 9.47 Å². The lowest BCUT2D eigenvalue weighted by Gasteiger charge is -2.32. The molecule has 0 saturated heterocycles. The molecule has 0 spiro atoms. The molecule has 0 bridgehead atoms. The second kappa shape index (κ2) is 7.82. The molecular weight excluding hydrogens is 340 g/mol. The topological polar surface area (TPSA) is 60.5 Å². The zero-order valence-electron chi connectivity index (χ0n) is 16.5. The van der Waals surface area contributed by atoms with Crippen molar-refractivity contribution in [3.63, 3.8) is 0 Å². The fourth-order valence-corrected chi connectivity index (χ4v) is 3.49. The summed E-state index contributed by atoms with van der Waals surface area (Å²) in [5.74, 6) is -0.0812. The minimum Gasteiger partial charge on any atom is -0.475 e. The van der Waals surface area contributed by atoms with Gasteiger partial charge in [-0.15, -0.1) is 0 Å². The van der Waals surface area contributed by atoms with Crippen LogP contribution in [0.15, 0.2) is 47.8 Å². The molecule has 5 nitrogen and oxygen atoms in total. The van der Waals surface area contributed by atoms with Crippen molar-refractivity contribution in [2.24, 2.45) is 0 Å². The van der Waals surface area contributed by atoms with E-state index in [1.807, 2.05) is 52.0 Å². The van der Waals surface area contributed by atoms with Gasteiger partial charge < -0.3 is 14.8 Å². The van der Waals surface area contributed by atoms with Crippen LogP contribution in [-0.2, 0) is 9.53 Å². The normalized spacial score (nSPS) is 16.0. The molecule has 3 rings (SSSR count). The van der Waals surface area contributed by atoms with Gasteiger partial charge in [0.25, 0.3) is 0 Å². The van der Waals surface area contributed by atoms with Gasteiger partial charge in [-0.05, 0) is 51.8 Å². The molecule has 1 aliphatic rings. The van der Waals surface area contributed by atoms with E-state index in [2.05, 4.69) is 23.3 Å². The molecule has 2 aromatic rings. The number of hydrogen-bond donors (Lipinski definition) is 1. The number of aromatic nitrogens is 1. The number of allylic oxidation sites excluding steroid dienone is 1. The van der Waals surface area contributed by atoms with Crippen LogP contribution in [-0.4, -0.2) is 23.7 Å². The van der Waals surface area contributed by atoms with E-state index < -0.39 is 0 Å². The Labute approximate surface area is 160 Å². The minimum atomic E-state index is -0.319. The number of esters is 1. The summed E-state index contributed by atoms with van der Waals surface area (Å²) in [7, 11) is 0. The van der Waals surface area contributed by atoms with Crippen LogP contribution >= 0.6 is 0 Å². The van der Waals surface area contributed by atoms with E-state index in [0.29, 0.717) is 18.1 Å². The Morgan fingerprint density at radius 2 is 1.96 bits per heavy atom. The number of carbonyl (C=O) groups is 1. The van der Waals surface area contributed by atoms with E-state index in [-0.39, 0.29) is 18.0 Å². The van der Waals surface area contributed by atoms with E-state index >= 15 is 0 Å². The number of aryl methyl sites for hydroxylation is 1. The molecule has 0 aliphatic carbocycles. The van der Waals surface area contributed by atoms with Crippen molar-refractivity contribution in [1.82, 2.24) is 4.98 Å². The summed E-state index contributed by atoms with van der Waals surface area (Å²) in [4.78, 5) is 17.3. The maximum Gasteiger partial charge on any atom is 0.336 e. The first-order valence-corrected chi connectivity index (χ1v) is 9.30. The van der Waals surface area contributed by atoms with Crippen LogP contribution in [0, 0.1) is 6.92 Å². The summed E-state index contributed by atoms with van der Waals surface area (Å²) < 4.78 is 11.4. The van der Waals surface area contributed by atoms with Gasteiger partial charge in [0.15, 0.2) is 0 Å². The highest BCUT2D eigenvalue weighted by Crippen LogP contribution is 2.46. The lowest BCUT2D eigenvalue weighted by atomic mass is 9.79. The lowest BCUT2D eigenvalue weighted by molar-refractivity contribution is -0.138. The molecule has 1 unspecified atom stereocenters. The molecule has 0 fully saturated rings. The molecule has 142 valence electrons. The Morgan fingerprint density at radius 3 is 2.63 bits per heavy atom.